The second-order valence-corrected chi connectivity index (χ2v) is 10.6. The number of hydrogen-bond acceptors (Lipinski definition) is 7. The molecule has 11 heteroatoms. The van der Waals surface area contributed by atoms with Crippen LogP contribution in [0.2, 0.25) is 20.1 Å². The van der Waals surface area contributed by atoms with Gasteiger partial charge in [0.25, 0.3) is 0 Å². The Labute approximate surface area is 235 Å². The summed E-state index contributed by atoms with van der Waals surface area (Å²) in [5.74, 6) is -1.90. The van der Waals surface area contributed by atoms with Crippen molar-refractivity contribution in [3.8, 4) is 0 Å². The summed E-state index contributed by atoms with van der Waals surface area (Å²) in [5, 5.41) is 11.6. The highest BCUT2D eigenvalue weighted by Gasteiger charge is 2.42. The van der Waals surface area contributed by atoms with Crippen LogP contribution in [0.3, 0.4) is 0 Å². The quantitative estimate of drug-likeness (QED) is 0.284. The second kappa shape index (κ2) is 12.4. The van der Waals surface area contributed by atoms with Gasteiger partial charge >= 0.3 is 17.9 Å². The first-order valence-electron chi connectivity index (χ1n) is 11.0. The lowest BCUT2D eigenvalue weighted by atomic mass is 10.00. The van der Waals surface area contributed by atoms with E-state index in [2.05, 4.69) is 0 Å². The van der Waals surface area contributed by atoms with Crippen LogP contribution in [-0.4, -0.2) is 40.8 Å². The molecule has 1 aliphatic heterocycles. The predicted octanol–water partition coefficient (Wildman–Crippen LogP) is 7.02. The van der Waals surface area contributed by atoms with Gasteiger partial charge in [-0.3, -0.25) is 4.79 Å². The second-order valence-electron chi connectivity index (χ2n) is 8.86. The van der Waals surface area contributed by atoms with Gasteiger partial charge in [-0.05, 0) is 76.6 Å². The van der Waals surface area contributed by atoms with Crippen LogP contribution in [-0.2, 0) is 35.0 Å². The topological polar surface area (TPSA) is 99.1 Å². The molecule has 1 N–H and O–H groups in total. The highest BCUT2D eigenvalue weighted by Crippen LogP contribution is 2.39. The molecule has 1 heterocycles. The minimum Gasteiger partial charge on any atom is -0.507 e. The fourth-order valence-corrected chi connectivity index (χ4v) is 3.92. The molecule has 37 heavy (non-hydrogen) atoms. The first-order chi connectivity index (χ1) is 17.1. The standard InChI is InChI=1S/C14H16Cl2O4.C12H10Cl2O3/c1-4-19-13(18)14(2,3)20-12(17)8-9-7-10(15)5-6-11(9)16;1-12(2)10(15)9(11(16)17-12)7-5-6(13)3-4-8(7)14/h5-7H,4,8H2,1-3H3;3-5,15H,1-2H3. The maximum absolute atomic E-state index is 11.9. The van der Waals surface area contributed by atoms with Gasteiger partial charge in [-0.2, -0.15) is 0 Å². The van der Waals surface area contributed by atoms with E-state index in [4.69, 9.17) is 60.6 Å². The molecule has 2 aromatic rings. The molecule has 1 aliphatic rings. The molecule has 200 valence electrons. The lowest BCUT2D eigenvalue weighted by Gasteiger charge is -2.22. The van der Waals surface area contributed by atoms with Gasteiger partial charge in [0.15, 0.2) is 11.4 Å². The Balaban J connectivity index is 0.000000263. The molecular formula is C26H26Cl4O7. The summed E-state index contributed by atoms with van der Waals surface area (Å²) in [5.41, 5.74) is -1.37. The molecule has 0 atom stereocenters. The number of halogens is 4. The smallest absolute Gasteiger partial charge is 0.349 e. The number of ether oxygens (including phenoxy) is 3. The van der Waals surface area contributed by atoms with E-state index in [-0.39, 0.29) is 24.4 Å². The number of benzene rings is 2. The molecular weight excluding hydrogens is 566 g/mol. The van der Waals surface area contributed by atoms with Gasteiger partial charge in [0, 0.05) is 25.7 Å². The third-order valence-electron chi connectivity index (χ3n) is 5.04. The van der Waals surface area contributed by atoms with Gasteiger partial charge in [-0.15, -0.1) is 0 Å². The van der Waals surface area contributed by atoms with E-state index in [0.29, 0.717) is 31.2 Å². The van der Waals surface area contributed by atoms with E-state index in [9.17, 15) is 19.5 Å². The van der Waals surface area contributed by atoms with Gasteiger partial charge < -0.3 is 19.3 Å². The summed E-state index contributed by atoms with van der Waals surface area (Å²) in [6.45, 7) is 8.06. The van der Waals surface area contributed by atoms with Crippen LogP contribution in [0.15, 0.2) is 42.2 Å². The third kappa shape index (κ3) is 8.01. The van der Waals surface area contributed by atoms with Gasteiger partial charge in [-0.1, -0.05) is 46.4 Å². The number of carbonyl (C=O) groups excluding carboxylic acids is 3. The zero-order valence-corrected chi connectivity index (χ0v) is 23.8. The molecule has 2 aromatic carbocycles. The molecule has 0 unspecified atom stereocenters. The monoisotopic (exact) mass is 590 g/mol. The molecule has 0 amide bonds. The molecule has 0 aliphatic carbocycles. The van der Waals surface area contributed by atoms with Crippen molar-refractivity contribution in [2.45, 2.75) is 52.2 Å². The fraction of sp³-hybridized carbons (Fsp3) is 0.346. The lowest BCUT2D eigenvalue weighted by Crippen LogP contribution is -2.39. The number of aliphatic hydroxyl groups excluding tert-OH is 1. The lowest BCUT2D eigenvalue weighted by molar-refractivity contribution is -0.177. The summed E-state index contributed by atoms with van der Waals surface area (Å²) in [7, 11) is 0. The third-order valence-corrected chi connectivity index (χ3v) is 6.20. The Morgan fingerprint density at radius 1 is 1.00 bits per heavy atom. The zero-order chi connectivity index (χ0) is 28.1. The highest BCUT2D eigenvalue weighted by atomic mass is 35.5. The number of cyclic esters (lactones) is 1. The van der Waals surface area contributed by atoms with Crippen molar-refractivity contribution >= 4 is 69.9 Å². The Hall–Kier alpha value is -2.45. The zero-order valence-electron chi connectivity index (χ0n) is 20.8. The van der Waals surface area contributed by atoms with Crippen LogP contribution < -0.4 is 0 Å². The maximum Gasteiger partial charge on any atom is 0.349 e. The first-order valence-corrected chi connectivity index (χ1v) is 12.6. The number of esters is 3. The van der Waals surface area contributed by atoms with Crippen molar-refractivity contribution in [3.63, 3.8) is 0 Å². The van der Waals surface area contributed by atoms with Gasteiger partial charge in [-0.25, -0.2) is 9.59 Å². The number of rotatable bonds is 6. The Morgan fingerprint density at radius 2 is 1.57 bits per heavy atom. The molecule has 0 saturated carbocycles. The van der Waals surface area contributed by atoms with E-state index in [1.807, 2.05) is 0 Å². The average Bonchev–Trinajstić information content (AvgIpc) is 2.99. The molecule has 0 aromatic heterocycles. The molecule has 0 bridgehead atoms. The van der Waals surface area contributed by atoms with E-state index in [0.717, 1.165) is 0 Å². The van der Waals surface area contributed by atoms with Crippen LogP contribution in [0.1, 0.15) is 45.7 Å². The Kier molecular flexibility index (Phi) is 10.3. The highest BCUT2D eigenvalue weighted by molar-refractivity contribution is 6.36. The number of hydrogen-bond donors (Lipinski definition) is 1. The number of aliphatic hydroxyl groups is 1. The molecule has 7 nitrogen and oxygen atoms in total. The van der Waals surface area contributed by atoms with E-state index < -0.39 is 29.1 Å². The fourth-order valence-electron chi connectivity index (χ4n) is 3.16. The van der Waals surface area contributed by atoms with Crippen LogP contribution >= 0.6 is 46.4 Å². The Bertz CT molecular complexity index is 1240. The normalized spacial score (nSPS) is 14.5. The summed E-state index contributed by atoms with van der Waals surface area (Å²) in [4.78, 5) is 35.2. The first kappa shape index (κ1) is 30.8. The summed E-state index contributed by atoms with van der Waals surface area (Å²) >= 11 is 23.6. The van der Waals surface area contributed by atoms with Crippen molar-refractivity contribution in [2.24, 2.45) is 0 Å². The average molecular weight is 592 g/mol. The van der Waals surface area contributed by atoms with Gasteiger partial charge in [0.2, 0.25) is 5.60 Å². The van der Waals surface area contributed by atoms with E-state index >= 15 is 0 Å². The maximum atomic E-state index is 11.9. The van der Waals surface area contributed by atoms with E-state index in [1.54, 1.807) is 51.1 Å². The van der Waals surface area contributed by atoms with Crippen molar-refractivity contribution < 1.29 is 33.7 Å². The van der Waals surface area contributed by atoms with Crippen molar-refractivity contribution in [2.75, 3.05) is 6.61 Å². The SMILES string of the molecule is CC1(C)OC(=O)C(c2cc(Cl)ccc2Cl)=C1O.CCOC(=O)C(C)(C)OC(=O)Cc1cc(Cl)ccc1Cl. The summed E-state index contributed by atoms with van der Waals surface area (Å²) in [6, 6.07) is 9.51. The molecule has 0 spiro atoms. The van der Waals surface area contributed by atoms with Crippen LogP contribution in [0.25, 0.3) is 5.57 Å². The summed E-state index contributed by atoms with van der Waals surface area (Å²) < 4.78 is 15.0. The molecule has 3 rings (SSSR count). The van der Waals surface area contributed by atoms with Crippen LogP contribution in [0.4, 0.5) is 0 Å². The minimum absolute atomic E-state index is 0.0672. The largest absolute Gasteiger partial charge is 0.507 e. The number of carbonyl (C=O) groups is 3. The van der Waals surface area contributed by atoms with Crippen molar-refractivity contribution in [3.05, 3.63) is 73.4 Å². The van der Waals surface area contributed by atoms with Gasteiger partial charge in [0.05, 0.1) is 13.0 Å². The van der Waals surface area contributed by atoms with Crippen molar-refractivity contribution in [1.82, 2.24) is 0 Å². The Morgan fingerprint density at radius 3 is 2.11 bits per heavy atom. The predicted molar refractivity (Wildman–Crippen MR) is 143 cm³/mol. The van der Waals surface area contributed by atoms with Crippen LogP contribution in [0, 0.1) is 0 Å². The van der Waals surface area contributed by atoms with E-state index in [1.165, 1.54) is 19.9 Å². The minimum atomic E-state index is -1.34. The van der Waals surface area contributed by atoms with Crippen molar-refractivity contribution in [1.29, 1.82) is 0 Å². The molecule has 0 fully saturated rings. The van der Waals surface area contributed by atoms with Crippen LogP contribution in [0.5, 0.6) is 0 Å². The molecule has 0 saturated heterocycles. The van der Waals surface area contributed by atoms with Gasteiger partial charge in [0.1, 0.15) is 5.57 Å². The molecule has 0 radical (unpaired) electrons. The summed E-state index contributed by atoms with van der Waals surface area (Å²) in [6.07, 6.45) is -0.0672.